The molecule has 0 unspecified atom stereocenters. The van der Waals surface area contributed by atoms with Crippen molar-refractivity contribution < 1.29 is 0 Å². The summed E-state index contributed by atoms with van der Waals surface area (Å²) in [5, 5.41) is 1.28. The number of aromatic nitrogens is 2. The van der Waals surface area contributed by atoms with Crippen molar-refractivity contribution >= 4 is 23.2 Å². The highest BCUT2D eigenvalue weighted by molar-refractivity contribution is 6.30. The third-order valence-electron chi connectivity index (χ3n) is 2.96. The lowest BCUT2D eigenvalue weighted by atomic mass is 10.0. The van der Waals surface area contributed by atoms with Gasteiger partial charge in [0.2, 0.25) is 0 Å². The second-order valence-electron chi connectivity index (χ2n) is 4.89. The molecular weight excluding hydrogens is 279 g/mol. The van der Waals surface area contributed by atoms with Gasteiger partial charge < -0.3 is 0 Å². The van der Waals surface area contributed by atoms with E-state index in [4.69, 9.17) is 23.2 Å². The van der Waals surface area contributed by atoms with Crippen molar-refractivity contribution in [2.45, 2.75) is 33.1 Å². The van der Waals surface area contributed by atoms with E-state index in [1.165, 1.54) is 0 Å². The van der Waals surface area contributed by atoms with Crippen LogP contribution in [0, 0.1) is 6.92 Å². The van der Waals surface area contributed by atoms with Crippen LogP contribution in [-0.2, 0) is 6.42 Å². The van der Waals surface area contributed by atoms with Crippen LogP contribution < -0.4 is 0 Å². The molecule has 0 aliphatic carbocycles. The third-order valence-corrected chi connectivity index (χ3v) is 3.49. The van der Waals surface area contributed by atoms with Gasteiger partial charge in [0.05, 0.1) is 0 Å². The van der Waals surface area contributed by atoms with E-state index in [2.05, 4.69) is 23.8 Å². The number of hydrogen-bond donors (Lipinski definition) is 0. The predicted octanol–water partition coefficient (Wildman–Crippen LogP) is 4.81. The Hall–Kier alpha value is -1.12. The average molecular weight is 295 g/mol. The summed E-state index contributed by atoms with van der Waals surface area (Å²) in [5.41, 5.74) is 3.06. The Morgan fingerprint density at radius 3 is 2.47 bits per heavy atom. The summed E-state index contributed by atoms with van der Waals surface area (Å²) >= 11 is 12.2. The smallest absolute Gasteiger partial charge is 0.136 e. The van der Waals surface area contributed by atoms with Gasteiger partial charge in [0, 0.05) is 22.7 Å². The molecule has 0 aliphatic rings. The van der Waals surface area contributed by atoms with Crippen LogP contribution in [0.5, 0.6) is 0 Å². The normalized spacial score (nSPS) is 11.1. The fraction of sp³-hybridized carbons (Fsp3) is 0.333. The highest BCUT2D eigenvalue weighted by Crippen LogP contribution is 2.25. The molecule has 2 aromatic rings. The standard InChI is InChI=1S/C15H16Cl2N2/c1-9(2)14-10(3)18-13(19-15(14)17)8-11-5-4-6-12(16)7-11/h4-7,9H,8H2,1-3H3. The van der Waals surface area contributed by atoms with Crippen molar-refractivity contribution in [1.29, 1.82) is 0 Å². The zero-order valence-corrected chi connectivity index (χ0v) is 12.8. The SMILES string of the molecule is Cc1nc(Cc2cccc(Cl)c2)nc(Cl)c1C(C)C. The Morgan fingerprint density at radius 1 is 1.16 bits per heavy atom. The molecule has 19 heavy (non-hydrogen) atoms. The molecule has 0 aliphatic heterocycles. The van der Waals surface area contributed by atoms with E-state index in [0.717, 1.165) is 27.7 Å². The van der Waals surface area contributed by atoms with E-state index in [-0.39, 0.29) is 0 Å². The Bertz CT molecular complexity index is 571. The van der Waals surface area contributed by atoms with E-state index in [9.17, 15) is 0 Å². The van der Waals surface area contributed by atoms with Crippen molar-refractivity contribution in [3.05, 3.63) is 57.1 Å². The highest BCUT2D eigenvalue weighted by Gasteiger charge is 2.13. The van der Waals surface area contributed by atoms with E-state index in [0.29, 0.717) is 17.5 Å². The number of hydrogen-bond acceptors (Lipinski definition) is 2. The summed E-state index contributed by atoms with van der Waals surface area (Å²) in [4.78, 5) is 8.93. The first-order chi connectivity index (χ1) is 8.97. The summed E-state index contributed by atoms with van der Waals surface area (Å²) in [6.07, 6.45) is 0.638. The van der Waals surface area contributed by atoms with Gasteiger partial charge in [-0.1, -0.05) is 49.2 Å². The summed E-state index contributed by atoms with van der Waals surface area (Å²) in [7, 11) is 0. The lowest BCUT2D eigenvalue weighted by Crippen LogP contribution is -2.05. The molecule has 100 valence electrons. The fourth-order valence-electron chi connectivity index (χ4n) is 2.17. The van der Waals surface area contributed by atoms with Crippen LogP contribution >= 0.6 is 23.2 Å². The van der Waals surface area contributed by atoms with Crippen molar-refractivity contribution in [2.24, 2.45) is 0 Å². The maximum Gasteiger partial charge on any atom is 0.136 e. The molecule has 0 spiro atoms. The highest BCUT2D eigenvalue weighted by atomic mass is 35.5. The number of rotatable bonds is 3. The molecule has 0 N–H and O–H groups in total. The molecule has 0 amide bonds. The monoisotopic (exact) mass is 294 g/mol. The van der Waals surface area contributed by atoms with Crippen LogP contribution in [0.2, 0.25) is 10.2 Å². The van der Waals surface area contributed by atoms with Crippen molar-refractivity contribution in [1.82, 2.24) is 9.97 Å². The average Bonchev–Trinajstić information content (AvgIpc) is 2.27. The molecule has 4 heteroatoms. The predicted molar refractivity (Wildman–Crippen MR) is 80.1 cm³/mol. The second kappa shape index (κ2) is 5.89. The number of benzene rings is 1. The van der Waals surface area contributed by atoms with Crippen LogP contribution in [0.4, 0.5) is 0 Å². The first-order valence-electron chi connectivity index (χ1n) is 6.24. The molecule has 1 aromatic heterocycles. The van der Waals surface area contributed by atoms with E-state index < -0.39 is 0 Å². The Kier molecular flexibility index (Phi) is 4.43. The van der Waals surface area contributed by atoms with Crippen molar-refractivity contribution in [2.75, 3.05) is 0 Å². The van der Waals surface area contributed by atoms with Gasteiger partial charge in [0.25, 0.3) is 0 Å². The zero-order chi connectivity index (χ0) is 14.0. The minimum atomic E-state index is 0.327. The minimum absolute atomic E-state index is 0.327. The summed E-state index contributed by atoms with van der Waals surface area (Å²) in [6, 6.07) is 7.71. The fourth-order valence-corrected chi connectivity index (χ4v) is 2.83. The van der Waals surface area contributed by atoms with Gasteiger partial charge in [0.15, 0.2) is 0 Å². The lowest BCUT2D eigenvalue weighted by molar-refractivity contribution is 0.810. The first-order valence-corrected chi connectivity index (χ1v) is 7.00. The van der Waals surface area contributed by atoms with Gasteiger partial charge in [-0.25, -0.2) is 9.97 Å². The van der Waals surface area contributed by atoms with Crippen LogP contribution in [0.15, 0.2) is 24.3 Å². The van der Waals surface area contributed by atoms with Crippen molar-refractivity contribution in [3.63, 3.8) is 0 Å². The van der Waals surface area contributed by atoms with Gasteiger partial charge in [-0.3, -0.25) is 0 Å². The van der Waals surface area contributed by atoms with Gasteiger partial charge in [-0.05, 0) is 30.5 Å². The molecule has 0 saturated heterocycles. The molecular formula is C15H16Cl2N2. The van der Waals surface area contributed by atoms with Crippen LogP contribution in [0.3, 0.4) is 0 Å². The number of nitrogens with zero attached hydrogens (tertiary/aromatic N) is 2. The zero-order valence-electron chi connectivity index (χ0n) is 11.2. The molecule has 2 rings (SSSR count). The Labute approximate surface area is 123 Å². The van der Waals surface area contributed by atoms with Gasteiger partial charge in [0.1, 0.15) is 11.0 Å². The molecule has 0 bridgehead atoms. The van der Waals surface area contributed by atoms with E-state index in [1.54, 1.807) is 0 Å². The maximum absolute atomic E-state index is 6.25. The summed E-state index contributed by atoms with van der Waals surface area (Å²) < 4.78 is 0. The van der Waals surface area contributed by atoms with Gasteiger partial charge in [-0.15, -0.1) is 0 Å². The molecule has 0 atom stereocenters. The topological polar surface area (TPSA) is 25.8 Å². The van der Waals surface area contributed by atoms with Crippen LogP contribution in [0.1, 0.15) is 42.4 Å². The Balaban J connectivity index is 2.32. The minimum Gasteiger partial charge on any atom is -0.237 e. The summed E-state index contributed by atoms with van der Waals surface area (Å²) in [5.74, 6) is 1.06. The third kappa shape index (κ3) is 3.46. The van der Waals surface area contributed by atoms with E-state index in [1.807, 2.05) is 31.2 Å². The van der Waals surface area contributed by atoms with Gasteiger partial charge >= 0.3 is 0 Å². The second-order valence-corrected chi connectivity index (χ2v) is 5.69. The lowest BCUT2D eigenvalue weighted by Gasteiger charge is -2.12. The Morgan fingerprint density at radius 2 is 1.89 bits per heavy atom. The van der Waals surface area contributed by atoms with Crippen molar-refractivity contribution in [3.8, 4) is 0 Å². The quantitative estimate of drug-likeness (QED) is 0.760. The van der Waals surface area contributed by atoms with Crippen LogP contribution in [-0.4, -0.2) is 9.97 Å². The molecule has 0 radical (unpaired) electrons. The molecule has 0 saturated carbocycles. The number of aryl methyl sites for hydroxylation is 1. The van der Waals surface area contributed by atoms with E-state index >= 15 is 0 Å². The molecule has 0 fully saturated rings. The molecule has 1 heterocycles. The molecule has 1 aromatic carbocycles. The first kappa shape index (κ1) is 14.3. The maximum atomic E-state index is 6.25. The number of halogens is 2. The molecule has 2 nitrogen and oxygen atoms in total. The van der Waals surface area contributed by atoms with Gasteiger partial charge in [-0.2, -0.15) is 0 Å². The largest absolute Gasteiger partial charge is 0.237 e. The summed E-state index contributed by atoms with van der Waals surface area (Å²) in [6.45, 7) is 6.16. The van der Waals surface area contributed by atoms with Crippen LogP contribution in [0.25, 0.3) is 0 Å².